The molecular weight excluding hydrogens is 245 g/mol. The third-order valence-electron chi connectivity index (χ3n) is 1.72. The monoisotopic (exact) mass is 255 g/mol. The summed E-state index contributed by atoms with van der Waals surface area (Å²) in [5, 5.41) is 0. The SMILES string of the molecule is CC(=O)N1CCC(OI)C1. The third kappa shape index (κ3) is 1.82. The zero-order valence-corrected chi connectivity index (χ0v) is 8.00. The minimum Gasteiger partial charge on any atom is -0.340 e. The van der Waals surface area contributed by atoms with E-state index in [2.05, 4.69) is 0 Å². The molecule has 0 radical (unpaired) electrons. The van der Waals surface area contributed by atoms with Crippen molar-refractivity contribution in [1.82, 2.24) is 4.90 Å². The largest absolute Gasteiger partial charge is 0.340 e. The van der Waals surface area contributed by atoms with Crippen LogP contribution >= 0.6 is 23.0 Å². The van der Waals surface area contributed by atoms with E-state index in [1.54, 1.807) is 6.92 Å². The maximum absolute atomic E-state index is 10.8. The van der Waals surface area contributed by atoms with Crippen LogP contribution in [0.2, 0.25) is 0 Å². The second-order valence-corrected chi connectivity index (χ2v) is 2.97. The number of nitrogens with zero attached hydrogens (tertiary/aromatic N) is 1. The average molecular weight is 255 g/mol. The molecule has 0 spiro atoms. The molecule has 0 bridgehead atoms. The van der Waals surface area contributed by atoms with E-state index in [1.807, 2.05) is 27.9 Å². The molecule has 0 saturated carbocycles. The fourth-order valence-corrected chi connectivity index (χ4v) is 1.50. The zero-order chi connectivity index (χ0) is 7.56. The van der Waals surface area contributed by atoms with Crippen LogP contribution in [-0.4, -0.2) is 30.0 Å². The molecule has 1 rings (SSSR count). The van der Waals surface area contributed by atoms with E-state index in [-0.39, 0.29) is 12.0 Å². The smallest absolute Gasteiger partial charge is 0.219 e. The Hall–Kier alpha value is 0.160. The molecule has 1 fully saturated rings. The minimum absolute atomic E-state index is 0.149. The maximum Gasteiger partial charge on any atom is 0.219 e. The van der Waals surface area contributed by atoms with Gasteiger partial charge >= 0.3 is 0 Å². The average Bonchev–Trinajstić information content (AvgIpc) is 2.34. The summed E-state index contributed by atoms with van der Waals surface area (Å²) in [5.41, 5.74) is 0. The predicted octanol–water partition coefficient (Wildman–Crippen LogP) is 0.974. The fraction of sp³-hybridized carbons (Fsp3) is 0.833. The van der Waals surface area contributed by atoms with Gasteiger partial charge in [-0.05, 0) is 6.42 Å². The molecule has 58 valence electrons. The molecule has 1 aliphatic rings. The molecule has 1 heterocycles. The van der Waals surface area contributed by atoms with Crippen LogP contribution in [-0.2, 0) is 7.86 Å². The first-order valence-corrected chi connectivity index (χ1v) is 4.15. The Balaban J connectivity index is 2.35. The number of hydrogen-bond donors (Lipinski definition) is 0. The third-order valence-corrected chi connectivity index (χ3v) is 2.44. The van der Waals surface area contributed by atoms with E-state index < -0.39 is 0 Å². The van der Waals surface area contributed by atoms with Crippen molar-refractivity contribution in [3.05, 3.63) is 0 Å². The Bertz CT molecular complexity index is 140. The summed E-state index contributed by atoms with van der Waals surface area (Å²) < 4.78 is 5.07. The van der Waals surface area contributed by atoms with Gasteiger partial charge in [0.25, 0.3) is 0 Å². The molecule has 1 aliphatic heterocycles. The Labute approximate surface area is 74.4 Å². The second kappa shape index (κ2) is 3.52. The van der Waals surface area contributed by atoms with Crippen LogP contribution in [0, 0.1) is 0 Å². The van der Waals surface area contributed by atoms with E-state index in [1.165, 1.54) is 0 Å². The molecule has 4 heteroatoms. The molecule has 1 unspecified atom stereocenters. The molecule has 10 heavy (non-hydrogen) atoms. The lowest BCUT2D eigenvalue weighted by Crippen LogP contribution is -2.26. The second-order valence-electron chi connectivity index (χ2n) is 2.46. The van der Waals surface area contributed by atoms with Gasteiger partial charge in [0.2, 0.25) is 5.91 Å². The van der Waals surface area contributed by atoms with Crippen molar-refractivity contribution in [2.24, 2.45) is 0 Å². The zero-order valence-electron chi connectivity index (χ0n) is 5.84. The number of rotatable bonds is 1. The normalized spacial score (nSPS) is 25.4. The van der Waals surface area contributed by atoms with E-state index in [4.69, 9.17) is 3.07 Å². The summed E-state index contributed by atoms with van der Waals surface area (Å²) in [7, 11) is 0. The van der Waals surface area contributed by atoms with Crippen LogP contribution < -0.4 is 0 Å². The van der Waals surface area contributed by atoms with Crippen molar-refractivity contribution >= 4 is 28.9 Å². The van der Waals surface area contributed by atoms with Crippen LogP contribution in [0.15, 0.2) is 0 Å². The first kappa shape index (κ1) is 8.26. The maximum atomic E-state index is 10.8. The summed E-state index contributed by atoms with van der Waals surface area (Å²) in [6, 6.07) is 0. The summed E-state index contributed by atoms with van der Waals surface area (Å²) in [5.74, 6) is 0.149. The topological polar surface area (TPSA) is 29.5 Å². The van der Waals surface area contributed by atoms with Crippen molar-refractivity contribution in [3.63, 3.8) is 0 Å². The number of carbonyl (C=O) groups excluding carboxylic acids is 1. The van der Waals surface area contributed by atoms with Gasteiger partial charge in [-0.1, -0.05) is 0 Å². The van der Waals surface area contributed by atoms with Gasteiger partial charge in [-0.15, -0.1) is 0 Å². The fourth-order valence-electron chi connectivity index (χ4n) is 1.09. The molecule has 0 aromatic carbocycles. The summed E-state index contributed by atoms with van der Waals surface area (Å²) in [6.45, 7) is 3.21. The van der Waals surface area contributed by atoms with E-state index in [0.29, 0.717) is 0 Å². The van der Waals surface area contributed by atoms with Crippen LogP contribution in [0.25, 0.3) is 0 Å². The molecule has 3 nitrogen and oxygen atoms in total. The Morgan fingerprint density at radius 3 is 2.80 bits per heavy atom. The molecule has 1 atom stereocenters. The van der Waals surface area contributed by atoms with Gasteiger partial charge < -0.3 is 7.97 Å². The highest BCUT2D eigenvalue weighted by Gasteiger charge is 2.23. The van der Waals surface area contributed by atoms with Crippen LogP contribution in [0.1, 0.15) is 13.3 Å². The minimum atomic E-state index is 0.149. The van der Waals surface area contributed by atoms with Gasteiger partial charge in [-0.3, -0.25) is 4.79 Å². The van der Waals surface area contributed by atoms with Gasteiger partial charge in [0, 0.05) is 20.0 Å². The number of carbonyl (C=O) groups is 1. The highest BCUT2D eigenvalue weighted by molar-refractivity contribution is 14.1. The lowest BCUT2D eigenvalue weighted by Gasteiger charge is -2.11. The Morgan fingerprint density at radius 1 is 1.80 bits per heavy atom. The van der Waals surface area contributed by atoms with Gasteiger partial charge in [0.05, 0.1) is 6.10 Å². The predicted molar refractivity (Wildman–Crippen MR) is 45.8 cm³/mol. The highest BCUT2D eigenvalue weighted by Crippen LogP contribution is 2.14. The molecule has 0 aliphatic carbocycles. The van der Waals surface area contributed by atoms with Crippen molar-refractivity contribution < 1.29 is 7.86 Å². The standard InChI is InChI=1S/C6H10INO2/c1-5(9)8-3-2-6(4-8)10-7/h6H,2-4H2,1H3. The Kier molecular flexibility index (Phi) is 2.91. The number of amides is 1. The molecule has 0 N–H and O–H groups in total. The first-order chi connectivity index (χ1) is 4.74. The van der Waals surface area contributed by atoms with E-state index >= 15 is 0 Å². The van der Waals surface area contributed by atoms with Gasteiger partial charge in [0.15, 0.2) is 0 Å². The summed E-state index contributed by atoms with van der Waals surface area (Å²) >= 11 is 1.88. The molecular formula is C6H10INO2. The first-order valence-electron chi connectivity index (χ1n) is 3.27. The van der Waals surface area contributed by atoms with Crippen LogP contribution in [0.4, 0.5) is 0 Å². The lowest BCUT2D eigenvalue weighted by atomic mass is 10.3. The van der Waals surface area contributed by atoms with Crippen LogP contribution in [0.3, 0.4) is 0 Å². The van der Waals surface area contributed by atoms with E-state index in [9.17, 15) is 4.79 Å². The number of likely N-dealkylation sites (tertiary alicyclic amines) is 1. The van der Waals surface area contributed by atoms with Crippen molar-refractivity contribution in [1.29, 1.82) is 0 Å². The van der Waals surface area contributed by atoms with Crippen LogP contribution in [0.5, 0.6) is 0 Å². The van der Waals surface area contributed by atoms with Gasteiger partial charge in [-0.2, -0.15) is 0 Å². The summed E-state index contributed by atoms with van der Waals surface area (Å²) in [4.78, 5) is 12.6. The number of halogens is 1. The molecule has 0 aromatic rings. The van der Waals surface area contributed by atoms with Gasteiger partial charge in [0.1, 0.15) is 23.0 Å². The van der Waals surface area contributed by atoms with Crippen molar-refractivity contribution in [3.8, 4) is 0 Å². The van der Waals surface area contributed by atoms with E-state index in [0.717, 1.165) is 19.5 Å². The Morgan fingerprint density at radius 2 is 2.50 bits per heavy atom. The quantitative estimate of drug-likeness (QED) is 0.653. The molecule has 1 amide bonds. The molecule has 0 aromatic heterocycles. The lowest BCUT2D eigenvalue weighted by molar-refractivity contribution is -0.128. The summed E-state index contributed by atoms with van der Waals surface area (Å²) in [6.07, 6.45) is 1.23. The molecule has 1 saturated heterocycles. The number of hydrogen-bond acceptors (Lipinski definition) is 2. The van der Waals surface area contributed by atoms with Crippen molar-refractivity contribution in [2.75, 3.05) is 13.1 Å². The van der Waals surface area contributed by atoms with Crippen molar-refractivity contribution in [2.45, 2.75) is 19.4 Å². The van der Waals surface area contributed by atoms with Gasteiger partial charge in [-0.25, -0.2) is 0 Å². The highest BCUT2D eigenvalue weighted by atomic mass is 127.